The van der Waals surface area contributed by atoms with E-state index < -0.39 is 15.0 Å². The Labute approximate surface area is 144 Å². The van der Waals surface area contributed by atoms with Crippen molar-refractivity contribution >= 4 is 21.6 Å². The van der Waals surface area contributed by atoms with E-state index in [0.29, 0.717) is 12.0 Å². The molecule has 0 spiro atoms. The second-order valence-electron chi connectivity index (χ2n) is 5.99. The molecule has 0 saturated heterocycles. The van der Waals surface area contributed by atoms with Gasteiger partial charge in [-0.3, -0.25) is 14.9 Å². The minimum Gasteiger partial charge on any atom is -0.378 e. The number of ketones is 1. The lowest BCUT2D eigenvalue weighted by atomic mass is 9.98. The lowest BCUT2D eigenvalue weighted by molar-refractivity contribution is -0.384. The van der Waals surface area contributed by atoms with Crippen LogP contribution in [0, 0.1) is 17.0 Å². The molecule has 7 nitrogen and oxygen atoms in total. The fourth-order valence-electron chi connectivity index (χ4n) is 3.08. The zero-order chi connectivity index (χ0) is 18.4. The van der Waals surface area contributed by atoms with Crippen molar-refractivity contribution in [1.29, 1.82) is 0 Å². The smallest absolute Gasteiger partial charge is 0.339 e. The highest BCUT2D eigenvalue weighted by atomic mass is 32.2. The molecule has 0 radical (unpaired) electrons. The maximum absolute atomic E-state index is 12.5. The SMILES string of the molecule is Cc1ccc(OS(=O)(=O)c2ccc([N+](=O)[O-])cc2)c2c1C(C)CC2=O. The molecule has 1 unspecified atom stereocenters. The van der Waals surface area contributed by atoms with Crippen molar-refractivity contribution in [3.63, 3.8) is 0 Å². The number of Topliss-reactive ketones (excluding diaryl/α,β-unsaturated/α-hetero) is 1. The van der Waals surface area contributed by atoms with Gasteiger partial charge in [0, 0.05) is 18.6 Å². The summed E-state index contributed by atoms with van der Waals surface area (Å²) in [6, 6.07) is 7.56. The van der Waals surface area contributed by atoms with Gasteiger partial charge in [0.1, 0.15) is 4.90 Å². The summed E-state index contributed by atoms with van der Waals surface area (Å²) in [5.74, 6) is -0.151. The van der Waals surface area contributed by atoms with E-state index in [1.165, 1.54) is 6.07 Å². The number of rotatable bonds is 4. The van der Waals surface area contributed by atoms with Crippen molar-refractivity contribution in [2.75, 3.05) is 0 Å². The monoisotopic (exact) mass is 361 g/mol. The Bertz CT molecular complexity index is 979. The quantitative estimate of drug-likeness (QED) is 0.470. The van der Waals surface area contributed by atoms with Crippen molar-refractivity contribution in [3.8, 4) is 5.75 Å². The molecule has 2 aromatic rings. The molecule has 1 atom stereocenters. The van der Waals surface area contributed by atoms with E-state index >= 15 is 0 Å². The van der Waals surface area contributed by atoms with Gasteiger partial charge in [-0.2, -0.15) is 8.42 Å². The lowest BCUT2D eigenvalue weighted by Crippen LogP contribution is -2.12. The van der Waals surface area contributed by atoms with Crippen LogP contribution in [-0.4, -0.2) is 19.1 Å². The lowest BCUT2D eigenvalue weighted by Gasteiger charge is -2.13. The molecule has 1 aliphatic rings. The van der Waals surface area contributed by atoms with E-state index in [9.17, 15) is 23.3 Å². The molecule has 0 aliphatic heterocycles. The number of nitrogens with zero attached hydrogens (tertiary/aromatic N) is 1. The van der Waals surface area contributed by atoms with E-state index in [4.69, 9.17) is 4.18 Å². The molecule has 1 aliphatic carbocycles. The molecule has 0 aromatic heterocycles. The summed E-state index contributed by atoms with van der Waals surface area (Å²) in [7, 11) is -4.21. The third-order valence-corrected chi connectivity index (χ3v) is 5.47. The Balaban J connectivity index is 2.00. The minimum atomic E-state index is -4.21. The average molecular weight is 361 g/mol. The van der Waals surface area contributed by atoms with Gasteiger partial charge in [0.25, 0.3) is 5.69 Å². The molecular weight excluding hydrogens is 346 g/mol. The van der Waals surface area contributed by atoms with E-state index in [1.54, 1.807) is 6.07 Å². The van der Waals surface area contributed by atoms with Crippen LogP contribution in [0.25, 0.3) is 0 Å². The number of aryl methyl sites for hydroxylation is 1. The van der Waals surface area contributed by atoms with Crippen LogP contribution in [0.2, 0.25) is 0 Å². The second kappa shape index (κ2) is 5.96. The highest BCUT2D eigenvalue weighted by Gasteiger charge is 2.32. The number of carbonyl (C=O) groups excluding carboxylic acids is 1. The van der Waals surface area contributed by atoms with Crippen LogP contribution < -0.4 is 4.18 Å². The van der Waals surface area contributed by atoms with Gasteiger partial charge < -0.3 is 4.18 Å². The molecule has 0 N–H and O–H groups in total. The minimum absolute atomic E-state index is 0.00620. The molecular formula is C17H15NO6S. The molecule has 3 rings (SSSR count). The van der Waals surface area contributed by atoms with Crippen LogP contribution in [0.4, 0.5) is 5.69 Å². The van der Waals surface area contributed by atoms with Crippen LogP contribution in [0.5, 0.6) is 5.75 Å². The standard InChI is InChI=1S/C17H15NO6S/c1-10-3-8-15(17-14(19)9-11(2)16(10)17)24-25(22,23)13-6-4-12(5-7-13)18(20)21/h3-8,11H,9H2,1-2H3. The normalized spacial score (nSPS) is 16.6. The van der Waals surface area contributed by atoms with E-state index in [2.05, 4.69) is 0 Å². The van der Waals surface area contributed by atoms with Crippen LogP contribution in [0.3, 0.4) is 0 Å². The van der Waals surface area contributed by atoms with Gasteiger partial charge in [0.05, 0.1) is 10.5 Å². The van der Waals surface area contributed by atoms with Gasteiger partial charge >= 0.3 is 10.1 Å². The molecule has 2 aromatic carbocycles. The summed E-state index contributed by atoms with van der Waals surface area (Å²) in [5, 5.41) is 10.7. The molecule has 0 saturated carbocycles. The summed E-state index contributed by atoms with van der Waals surface area (Å²) >= 11 is 0. The number of fused-ring (bicyclic) bond motifs is 1. The Morgan fingerprint density at radius 2 is 1.80 bits per heavy atom. The third-order valence-electron chi connectivity index (χ3n) is 4.22. The maximum Gasteiger partial charge on any atom is 0.339 e. The zero-order valence-electron chi connectivity index (χ0n) is 13.6. The first-order chi connectivity index (χ1) is 11.7. The molecule has 0 bridgehead atoms. The first-order valence-electron chi connectivity index (χ1n) is 7.56. The van der Waals surface area contributed by atoms with Crippen molar-refractivity contribution in [1.82, 2.24) is 0 Å². The zero-order valence-corrected chi connectivity index (χ0v) is 14.4. The fourth-order valence-corrected chi connectivity index (χ4v) is 4.02. The highest BCUT2D eigenvalue weighted by Crippen LogP contribution is 2.40. The van der Waals surface area contributed by atoms with Gasteiger partial charge in [0.15, 0.2) is 11.5 Å². The van der Waals surface area contributed by atoms with E-state index in [0.717, 1.165) is 35.4 Å². The summed E-state index contributed by atoms with van der Waals surface area (Å²) in [5.41, 5.74) is 1.80. The van der Waals surface area contributed by atoms with E-state index in [1.807, 2.05) is 13.8 Å². The van der Waals surface area contributed by atoms with Crippen molar-refractivity contribution in [2.24, 2.45) is 0 Å². The predicted octanol–water partition coefficient (Wildman–Crippen LogP) is 3.36. The Hall–Kier alpha value is -2.74. The second-order valence-corrected chi connectivity index (χ2v) is 7.53. The van der Waals surface area contributed by atoms with Gasteiger partial charge in [-0.15, -0.1) is 0 Å². The largest absolute Gasteiger partial charge is 0.378 e. The summed E-state index contributed by atoms with van der Waals surface area (Å²) < 4.78 is 30.1. The number of benzene rings is 2. The molecule has 0 fully saturated rings. The number of non-ortho nitro benzene ring substituents is 1. The summed E-state index contributed by atoms with van der Waals surface area (Å²) in [6.07, 6.45) is 0.314. The van der Waals surface area contributed by atoms with Gasteiger partial charge in [0.2, 0.25) is 0 Å². The van der Waals surface area contributed by atoms with Crippen molar-refractivity contribution < 1.29 is 22.3 Å². The first kappa shape index (κ1) is 17.1. The van der Waals surface area contributed by atoms with Gasteiger partial charge in [-0.05, 0) is 42.2 Å². The van der Waals surface area contributed by atoms with Gasteiger partial charge in [-0.25, -0.2) is 0 Å². The van der Waals surface area contributed by atoms with Crippen LogP contribution >= 0.6 is 0 Å². The predicted molar refractivity (Wildman–Crippen MR) is 89.5 cm³/mol. The number of carbonyl (C=O) groups is 1. The Kier molecular flexibility index (Phi) is 4.08. The van der Waals surface area contributed by atoms with Crippen molar-refractivity contribution in [2.45, 2.75) is 31.1 Å². The Morgan fingerprint density at radius 3 is 2.40 bits per heavy atom. The van der Waals surface area contributed by atoms with Gasteiger partial charge in [-0.1, -0.05) is 13.0 Å². The first-order valence-corrected chi connectivity index (χ1v) is 8.97. The number of nitro groups is 1. The van der Waals surface area contributed by atoms with Crippen molar-refractivity contribution in [3.05, 3.63) is 63.2 Å². The number of hydrogen-bond acceptors (Lipinski definition) is 6. The topological polar surface area (TPSA) is 104 Å². The highest BCUT2D eigenvalue weighted by molar-refractivity contribution is 7.87. The maximum atomic E-state index is 12.5. The van der Waals surface area contributed by atoms with E-state index in [-0.39, 0.29) is 28.0 Å². The molecule has 130 valence electrons. The third kappa shape index (κ3) is 3.00. The van der Waals surface area contributed by atoms with Crippen LogP contribution in [0.15, 0.2) is 41.3 Å². The molecule has 0 heterocycles. The Morgan fingerprint density at radius 1 is 1.16 bits per heavy atom. The summed E-state index contributed by atoms with van der Waals surface area (Å²) in [4.78, 5) is 22.1. The van der Waals surface area contributed by atoms with Crippen LogP contribution in [0.1, 0.15) is 40.7 Å². The fraction of sp³-hybridized carbons (Fsp3) is 0.235. The molecule has 25 heavy (non-hydrogen) atoms. The summed E-state index contributed by atoms with van der Waals surface area (Å²) in [6.45, 7) is 3.77. The molecule has 0 amide bonds. The average Bonchev–Trinajstić information content (AvgIpc) is 2.86. The molecule has 8 heteroatoms. The van der Waals surface area contributed by atoms with Crippen LogP contribution in [-0.2, 0) is 10.1 Å². The number of hydrogen-bond donors (Lipinski definition) is 0. The number of nitro benzene ring substituents is 1.